The van der Waals surface area contributed by atoms with Gasteiger partial charge in [0.05, 0.1) is 5.92 Å². The van der Waals surface area contributed by atoms with Crippen LogP contribution in [0.4, 0.5) is 8.78 Å². The average molecular weight is 384 g/mol. The van der Waals surface area contributed by atoms with Gasteiger partial charge in [-0.25, -0.2) is 17.2 Å². The molecule has 0 aliphatic carbocycles. The Morgan fingerprint density at radius 3 is 2.62 bits per heavy atom. The second-order valence-corrected chi connectivity index (χ2v) is 7.47. The summed E-state index contributed by atoms with van der Waals surface area (Å²) in [4.78, 5) is 10.3. The van der Waals surface area contributed by atoms with E-state index in [1.807, 2.05) is 0 Å². The molecule has 0 aromatic heterocycles. The van der Waals surface area contributed by atoms with E-state index >= 15 is 0 Å². The summed E-state index contributed by atoms with van der Waals surface area (Å²) in [5, 5.41) is 8.98. The van der Waals surface area contributed by atoms with Crippen LogP contribution in [0.2, 0.25) is 0 Å². The van der Waals surface area contributed by atoms with Crippen molar-refractivity contribution in [1.82, 2.24) is 4.31 Å². The highest BCUT2D eigenvalue weighted by Crippen LogP contribution is 2.31. The van der Waals surface area contributed by atoms with Crippen molar-refractivity contribution in [2.24, 2.45) is 5.92 Å². The summed E-state index contributed by atoms with van der Waals surface area (Å²) in [5.74, 6) is -4.02. The van der Waals surface area contributed by atoms with Crippen molar-refractivity contribution in [3.63, 3.8) is 0 Å². The third kappa shape index (κ3) is 3.24. The SMILES string of the molecule is O=C(O)C1CCCN(S(=O)(=O)c2c(F)cc(F)cc2Br)C1. The summed E-state index contributed by atoms with van der Waals surface area (Å²) >= 11 is 2.84. The molecule has 1 N–H and O–H groups in total. The molecule has 1 aliphatic rings. The zero-order chi connectivity index (χ0) is 15.8. The number of piperidine rings is 1. The lowest BCUT2D eigenvalue weighted by molar-refractivity contribution is -0.142. The van der Waals surface area contributed by atoms with Crippen molar-refractivity contribution in [2.45, 2.75) is 17.7 Å². The maximum Gasteiger partial charge on any atom is 0.307 e. The van der Waals surface area contributed by atoms with E-state index in [2.05, 4.69) is 15.9 Å². The maximum atomic E-state index is 13.8. The standard InChI is InChI=1S/C12H12BrF2NO4S/c13-9-4-8(14)5-10(15)11(9)21(19,20)16-3-1-2-7(6-16)12(17)18/h4-5,7H,1-3,6H2,(H,17,18). The third-order valence-corrected chi connectivity index (χ3v) is 6.12. The van der Waals surface area contributed by atoms with Gasteiger partial charge in [-0.2, -0.15) is 4.31 Å². The summed E-state index contributed by atoms with van der Waals surface area (Å²) in [5.41, 5.74) is 0. The van der Waals surface area contributed by atoms with Gasteiger partial charge < -0.3 is 5.11 Å². The smallest absolute Gasteiger partial charge is 0.307 e. The molecule has 1 unspecified atom stereocenters. The predicted molar refractivity (Wildman–Crippen MR) is 73.2 cm³/mol. The fraction of sp³-hybridized carbons (Fsp3) is 0.417. The highest BCUT2D eigenvalue weighted by atomic mass is 79.9. The minimum absolute atomic E-state index is 0.107. The number of sulfonamides is 1. The lowest BCUT2D eigenvalue weighted by Gasteiger charge is -2.30. The molecular weight excluding hydrogens is 372 g/mol. The van der Waals surface area contributed by atoms with E-state index in [1.54, 1.807) is 0 Å². The summed E-state index contributed by atoms with van der Waals surface area (Å²) in [7, 11) is -4.23. The van der Waals surface area contributed by atoms with E-state index in [0.29, 0.717) is 18.9 Å². The van der Waals surface area contributed by atoms with Gasteiger partial charge in [0, 0.05) is 23.6 Å². The quantitative estimate of drug-likeness (QED) is 0.867. The van der Waals surface area contributed by atoms with E-state index in [4.69, 9.17) is 5.11 Å². The molecule has 1 aromatic rings. The van der Waals surface area contributed by atoms with Crippen molar-refractivity contribution in [3.05, 3.63) is 28.2 Å². The number of halogens is 3. The van der Waals surface area contributed by atoms with Gasteiger partial charge in [0.1, 0.15) is 16.5 Å². The number of carbonyl (C=O) groups is 1. The third-order valence-electron chi connectivity index (χ3n) is 3.29. The Hall–Kier alpha value is -1.06. The molecule has 1 fully saturated rings. The molecule has 1 atom stereocenters. The molecule has 0 radical (unpaired) electrons. The molecule has 0 bridgehead atoms. The van der Waals surface area contributed by atoms with Crippen LogP contribution >= 0.6 is 15.9 Å². The van der Waals surface area contributed by atoms with E-state index in [0.717, 1.165) is 10.4 Å². The Kier molecular flexibility index (Phi) is 4.64. The second kappa shape index (κ2) is 5.98. The Morgan fingerprint density at radius 2 is 2.05 bits per heavy atom. The summed E-state index contributed by atoms with van der Waals surface area (Å²) in [6, 6.07) is 1.34. The minimum atomic E-state index is -4.23. The van der Waals surface area contributed by atoms with Crippen LogP contribution in [0.5, 0.6) is 0 Å². The number of aliphatic carboxylic acids is 1. The Balaban J connectivity index is 2.41. The first-order valence-electron chi connectivity index (χ1n) is 6.11. The molecular formula is C12H12BrF2NO4S. The van der Waals surface area contributed by atoms with E-state index < -0.39 is 38.4 Å². The number of hydrogen-bond donors (Lipinski definition) is 1. The summed E-state index contributed by atoms with van der Waals surface area (Å²) in [6.07, 6.45) is 0.741. The molecule has 1 aromatic carbocycles. The first-order valence-corrected chi connectivity index (χ1v) is 8.34. The van der Waals surface area contributed by atoms with Crippen molar-refractivity contribution < 1.29 is 27.1 Å². The number of carboxylic acid groups (broad SMARTS) is 1. The molecule has 0 saturated carbocycles. The lowest BCUT2D eigenvalue weighted by Crippen LogP contribution is -2.42. The molecule has 1 aliphatic heterocycles. The van der Waals surface area contributed by atoms with Crippen LogP contribution in [0.3, 0.4) is 0 Å². The molecule has 1 heterocycles. The predicted octanol–water partition coefficient (Wildman–Crippen LogP) is 2.21. The number of rotatable bonds is 3. The Morgan fingerprint density at radius 1 is 1.38 bits per heavy atom. The van der Waals surface area contributed by atoms with Gasteiger partial charge in [0.15, 0.2) is 0 Å². The molecule has 5 nitrogen and oxygen atoms in total. The number of hydrogen-bond acceptors (Lipinski definition) is 3. The van der Waals surface area contributed by atoms with Crippen LogP contribution in [0.15, 0.2) is 21.5 Å². The molecule has 116 valence electrons. The summed E-state index contributed by atoms with van der Waals surface area (Å²) in [6.45, 7) is -0.115. The van der Waals surface area contributed by atoms with Gasteiger partial charge in [0.2, 0.25) is 10.0 Å². The van der Waals surface area contributed by atoms with Gasteiger partial charge in [-0.3, -0.25) is 4.79 Å². The molecule has 0 spiro atoms. The van der Waals surface area contributed by atoms with E-state index in [9.17, 15) is 22.0 Å². The van der Waals surface area contributed by atoms with Crippen molar-refractivity contribution in [1.29, 1.82) is 0 Å². The lowest BCUT2D eigenvalue weighted by atomic mass is 10.0. The van der Waals surface area contributed by atoms with Crippen molar-refractivity contribution >= 4 is 31.9 Å². The molecule has 0 amide bonds. The highest BCUT2D eigenvalue weighted by Gasteiger charge is 2.36. The fourth-order valence-corrected chi connectivity index (χ4v) is 4.90. The maximum absolute atomic E-state index is 13.8. The first kappa shape index (κ1) is 16.3. The van der Waals surface area contributed by atoms with Crippen LogP contribution in [-0.2, 0) is 14.8 Å². The van der Waals surface area contributed by atoms with Gasteiger partial charge in [-0.05, 0) is 34.8 Å². The minimum Gasteiger partial charge on any atom is -0.481 e. The van der Waals surface area contributed by atoms with Gasteiger partial charge >= 0.3 is 5.97 Å². The van der Waals surface area contributed by atoms with Gasteiger partial charge in [0.25, 0.3) is 0 Å². The first-order chi connectivity index (χ1) is 9.73. The van der Waals surface area contributed by atoms with Crippen molar-refractivity contribution in [2.75, 3.05) is 13.1 Å². The van der Waals surface area contributed by atoms with E-state index in [-0.39, 0.29) is 17.6 Å². The van der Waals surface area contributed by atoms with Gasteiger partial charge in [-0.1, -0.05) is 0 Å². The normalized spacial score (nSPS) is 20.4. The van der Waals surface area contributed by atoms with Crippen LogP contribution in [-0.4, -0.2) is 36.9 Å². The van der Waals surface area contributed by atoms with Crippen LogP contribution < -0.4 is 0 Å². The average Bonchev–Trinajstić information content (AvgIpc) is 2.37. The zero-order valence-electron chi connectivity index (χ0n) is 10.7. The van der Waals surface area contributed by atoms with Crippen LogP contribution in [0.1, 0.15) is 12.8 Å². The Bertz CT molecular complexity index is 657. The van der Waals surface area contributed by atoms with E-state index in [1.165, 1.54) is 0 Å². The largest absolute Gasteiger partial charge is 0.481 e. The van der Waals surface area contributed by atoms with Crippen LogP contribution in [0, 0.1) is 17.6 Å². The Labute approximate surface area is 128 Å². The topological polar surface area (TPSA) is 74.7 Å². The number of carboxylic acids is 1. The molecule has 1 saturated heterocycles. The molecule has 2 rings (SSSR count). The van der Waals surface area contributed by atoms with Gasteiger partial charge in [-0.15, -0.1) is 0 Å². The highest BCUT2D eigenvalue weighted by molar-refractivity contribution is 9.10. The monoisotopic (exact) mass is 383 g/mol. The number of nitrogens with zero attached hydrogens (tertiary/aromatic N) is 1. The fourth-order valence-electron chi connectivity index (χ4n) is 2.27. The summed E-state index contributed by atoms with van der Waals surface area (Å²) < 4.78 is 52.5. The van der Waals surface area contributed by atoms with Crippen molar-refractivity contribution in [3.8, 4) is 0 Å². The molecule has 9 heteroatoms. The second-order valence-electron chi connectivity index (χ2n) is 4.74. The zero-order valence-corrected chi connectivity index (χ0v) is 13.1. The number of benzene rings is 1. The van der Waals surface area contributed by atoms with Crippen LogP contribution in [0.25, 0.3) is 0 Å². The molecule has 21 heavy (non-hydrogen) atoms.